The van der Waals surface area contributed by atoms with Gasteiger partial charge in [-0.3, -0.25) is 0 Å². The maximum Gasteiger partial charge on any atom is 0.410 e. The molecule has 6 heteroatoms. The van der Waals surface area contributed by atoms with Gasteiger partial charge in [0.15, 0.2) is 0 Å². The van der Waals surface area contributed by atoms with E-state index in [9.17, 15) is 4.79 Å². The van der Waals surface area contributed by atoms with Gasteiger partial charge in [0.25, 0.3) is 0 Å². The molecule has 0 N–H and O–H groups in total. The molecule has 1 fully saturated rings. The molecule has 0 bridgehead atoms. The zero-order valence-corrected chi connectivity index (χ0v) is 12.7. The fourth-order valence-corrected chi connectivity index (χ4v) is 2.03. The molecular formula is C14H19ClN2O3. The van der Waals surface area contributed by atoms with Crippen LogP contribution in [0.3, 0.4) is 0 Å². The molecule has 1 unspecified atom stereocenters. The number of halogens is 1. The van der Waals surface area contributed by atoms with Crippen molar-refractivity contribution in [2.24, 2.45) is 0 Å². The van der Waals surface area contributed by atoms with Crippen LogP contribution in [0.2, 0.25) is 5.15 Å². The Labute approximate surface area is 123 Å². The fourth-order valence-electron chi connectivity index (χ4n) is 1.92. The topological polar surface area (TPSA) is 51.7 Å². The van der Waals surface area contributed by atoms with Crippen molar-refractivity contribution in [1.82, 2.24) is 9.88 Å². The van der Waals surface area contributed by atoms with Crippen LogP contribution in [0, 0.1) is 0 Å². The average molecular weight is 299 g/mol. The highest BCUT2D eigenvalue weighted by molar-refractivity contribution is 6.29. The van der Waals surface area contributed by atoms with Crippen LogP contribution in [0.1, 0.15) is 32.4 Å². The lowest BCUT2D eigenvalue weighted by molar-refractivity contribution is -0.0433. The second-order valence-electron chi connectivity index (χ2n) is 5.70. The maximum absolute atomic E-state index is 12.1. The van der Waals surface area contributed by atoms with Gasteiger partial charge in [-0.1, -0.05) is 17.7 Å². The van der Waals surface area contributed by atoms with E-state index in [2.05, 4.69) is 4.98 Å². The second kappa shape index (κ2) is 5.97. The lowest BCUT2D eigenvalue weighted by Gasteiger charge is -2.34. The van der Waals surface area contributed by atoms with E-state index in [1.54, 1.807) is 17.2 Å². The maximum atomic E-state index is 12.1. The first-order valence-electron chi connectivity index (χ1n) is 6.56. The SMILES string of the molecule is CC(C)(C)OC(=O)N1CCOC(c2ccc(Cl)nc2)C1. The van der Waals surface area contributed by atoms with Gasteiger partial charge in [-0.2, -0.15) is 0 Å². The number of nitrogens with zero attached hydrogens (tertiary/aromatic N) is 2. The molecule has 1 amide bonds. The Balaban J connectivity index is 2.01. The summed E-state index contributed by atoms with van der Waals surface area (Å²) in [6.07, 6.45) is 1.17. The summed E-state index contributed by atoms with van der Waals surface area (Å²) in [7, 11) is 0. The highest BCUT2D eigenvalue weighted by Crippen LogP contribution is 2.23. The summed E-state index contributed by atoms with van der Waals surface area (Å²) >= 11 is 5.77. The Kier molecular flexibility index (Phi) is 4.50. The van der Waals surface area contributed by atoms with E-state index in [0.717, 1.165) is 5.56 Å². The fraction of sp³-hybridized carbons (Fsp3) is 0.571. The normalized spacial score (nSPS) is 19.8. The van der Waals surface area contributed by atoms with Gasteiger partial charge in [0.1, 0.15) is 16.9 Å². The van der Waals surface area contributed by atoms with E-state index in [-0.39, 0.29) is 12.2 Å². The smallest absolute Gasteiger partial charge is 0.410 e. The summed E-state index contributed by atoms with van der Waals surface area (Å²) in [6.45, 7) is 7.03. The lowest BCUT2D eigenvalue weighted by Crippen LogP contribution is -2.44. The minimum atomic E-state index is -0.493. The van der Waals surface area contributed by atoms with Gasteiger partial charge in [-0.05, 0) is 26.8 Å². The first-order valence-corrected chi connectivity index (χ1v) is 6.94. The van der Waals surface area contributed by atoms with E-state index in [4.69, 9.17) is 21.1 Å². The van der Waals surface area contributed by atoms with Gasteiger partial charge in [0.05, 0.1) is 13.2 Å². The highest BCUT2D eigenvalue weighted by Gasteiger charge is 2.28. The predicted octanol–water partition coefficient (Wildman–Crippen LogP) is 3.04. The Bertz CT molecular complexity index is 470. The lowest BCUT2D eigenvalue weighted by atomic mass is 10.1. The molecule has 1 aromatic rings. The first-order chi connectivity index (χ1) is 9.35. The molecule has 1 saturated heterocycles. The van der Waals surface area contributed by atoms with Crippen LogP contribution in [0.4, 0.5) is 4.79 Å². The number of hydrogen-bond donors (Lipinski definition) is 0. The molecule has 0 aliphatic carbocycles. The molecule has 2 rings (SSSR count). The van der Waals surface area contributed by atoms with E-state index < -0.39 is 5.60 Å². The molecule has 1 aromatic heterocycles. The number of morpholine rings is 1. The number of ether oxygens (including phenoxy) is 2. The molecule has 5 nitrogen and oxygen atoms in total. The number of aromatic nitrogens is 1. The number of carbonyl (C=O) groups is 1. The van der Waals surface area contributed by atoms with Crippen molar-refractivity contribution in [2.75, 3.05) is 19.7 Å². The van der Waals surface area contributed by atoms with Crippen molar-refractivity contribution in [3.05, 3.63) is 29.0 Å². The Morgan fingerprint density at radius 3 is 2.85 bits per heavy atom. The minimum Gasteiger partial charge on any atom is -0.444 e. The third kappa shape index (κ3) is 4.08. The molecule has 2 heterocycles. The first kappa shape index (κ1) is 15.1. The zero-order chi connectivity index (χ0) is 14.8. The molecule has 0 aromatic carbocycles. The summed E-state index contributed by atoms with van der Waals surface area (Å²) in [5.41, 5.74) is 0.412. The molecular weight excluding hydrogens is 280 g/mol. The summed E-state index contributed by atoms with van der Waals surface area (Å²) < 4.78 is 11.1. The number of carbonyl (C=O) groups excluding carboxylic acids is 1. The third-order valence-electron chi connectivity index (χ3n) is 2.84. The molecule has 1 aliphatic heterocycles. The van der Waals surface area contributed by atoms with Crippen LogP contribution in [0.15, 0.2) is 18.3 Å². The van der Waals surface area contributed by atoms with Gasteiger partial charge in [-0.25, -0.2) is 9.78 Å². The van der Waals surface area contributed by atoms with Gasteiger partial charge < -0.3 is 14.4 Å². The molecule has 0 saturated carbocycles. The summed E-state index contributed by atoms with van der Waals surface area (Å²) in [6, 6.07) is 3.57. The summed E-state index contributed by atoms with van der Waals surface area (Å²) in [4.78, 5) is 17.8. The molecule has 20 heavy (non-hydrogen) atoms. The predicted molar refractivity (Wildman–Crippen MR) is 75.7 cm³/mol. The number of pyridine rings is 1. The van der Waals surface area contributed by atoms with E-state index in [1.165, 1.54) is 0 Å². The third-order valence-corrected chi connectivity index (χ3v) is 3.06. The monoisotopic (exact) mass is 298 g/mol. The van der Waals surface area contributed by atoms with Crippen LogP contribution < -0.4 is 0 Å². The largest absolute Gasteiger partial charge is 0.444 e. The van der Waals surface area contributed by atoms with Crippen LogP contribution in [0.5, 0.6) is 0 Å². The van der Waals surface area contributed by atoms with Crippen LogP contribution in [-0.2, 0) is 9.47 Å². The molecule has 0 radical (unpaired) electrons. The van der Waals surface area contributed by atoms with Crippen molar-refractivity contribution in [3.8, 4) is 0 Å². The number of amides is 1. The molecule has 110 valence electrons. The van der Waals surface area contributed by atoms with Crippen molar-refractivity contribution in [1.29, 1.82) is 0 Å². The Morgan fingerprint density at radius 2 is 2.25 bits per heavy atom. The van der Waals surface area contributed by atoms with Crippen LogP contribution in [-0.4, -0.2) is 41.3 Å². The van der Waals surface area contributed by atoms with Crippen molar-refractivity contribution in [2.45, 2.75) is 32.5 Å². The van der Waals surface area contributed by atoms with E-state index in [1.807, 2.05) is 26.8 Å². The van der Waals surface area contributed by atoms with E-state index >= 15 is 0 Å². The molecule has 0 spiro atoms. The zero-order valence-electron chi connectivity index (χ0n) is 11.9. The Morgan fingerprint density at radius 1 is 1.50 bits per heavy atom. The minimum absolute atomic E-state index is 0.193. The quantitative estimate of drug-likeness (QED) is 0.748. The highest BCUT2D eigenvalue weighted by atomic mass is 35.5. The van der Waals surface area contributed by atoms with Gasteiger partial charge in [0, 0.05) is 18.3 Å². The second-order valence-corrected chi connectivity index (χ2v) is 6.09. The Hall–Kier alpha value is -1.33. The van der Waals surface area contributed by atoms with Gasteiger partial charge >= 0.3 is 6.09 Å². The molecule has 1 atom stereocenters. The van der Waals surface area contributed by atoms with E-state index in [0.29, 0.717) is 24.8 Å². The van der Waals surface area contributed by atoms with Crippen LogP contribution >= 0.6 is 11.6 Å². The average Bonchev–Trinajstić information content (AvgIpc) is 2.38. The van der Waals surface area contributed by atoms with Gasteiger partial charge in [-0.15, -0.1) is 0 Å². The van der Waals surface area contributed by atoms with Crippen molar-refractivity contribution >= 4 is 17.7 Å². The number of rotatable bonds is 1. The van der Waals surface area contributed by atoms with Crippen LogP contribution in [0.25, 0.3) is 0 Å². The van der Waals surface area contributed by atoms with Crippen molar-refractivity contribution in [3.63, 3.8) is 0 Å². The summed E-state index contributed by atoms with van der Waals surface area (Å²) in [5, 5.41) is 0.438. The standard InChI is InChI=1S/C14H19ClN2O3/c1-14(2,3)20-13(18)17-6-7-19-11(9-17)10-4-5-12(15)16-8-10/h4-5,8,11H,6-7,9H2,1-3H3. The van der Waals surface area contributed by atoms with Crippen molar-refractivity contribution < 1.29 is 14.3 Å². The molecule has 1 aliphatic rings. The van der Waals surface area contributed by atoms with Gasteiger partial charge in [0.2, 0.25) is 0 Å². The number of hydrogen-bond acceptors (Lipinski definition) is 4. The summed E-state index contributed by atoms with van der Waals surface area (Å²) in [5.74, 6) is 0.